The number of rotatable bonds is 5. The van der Waals surface area contributed by atoms with Crippen molar-refractivity contribution < 1.29 is 4.79 Å². The lowest BCUT2D eigenvalue weighted by atomic mass is 10.2. The third kappa shape index (κ3) is 3.47. The number of urea groups is 1. The molecular formula is C14H23N3O. The molecule has 0 saturated carbocycles. The van der Waals surface area contributed by atoms with Crippen molar-refractivity contribution in [2.75, 3.05) is 31.6 Å². The number of hydrogen-bond acceptors (Lipinski definition) is 2. The number of amides is 2. The molecule has 0 radical (unpaired) electrons. The molecule has 100 valence electrons. The van der Waals surface area contributed by atoms with Crippen molar-refractivity contribution in [1.29, 1.82) is 0 Å². The Morgan fingerprint density at radius 3 is 2.56 bits per heavy atom. The highest BCUT2D eigenvalue weighted by atomic mass is 16.2. The number of aryl methyl sites for hydroxylation is 1. The molecule has 0 bridgehead atoms. The van der Waals surface area contributed by atoms with Crippen LogP contribution in [0, 0.1) is 6.92 Å². The first-order valence-corrected chi connectivity index (χ1v) is 6.40. The van der Waals surface area contributed by atoms with E-state index in [9.17, 15) is 4.79 Å². The van der Waals surface area contributed by atoms with Crippen LogP contribution in [0.15, 0.2) is 24.3 Å². The minimum absolute atomic E-state index is 0.0280. The van der Waals surface area contributed by atoms with Crippen molar-refractivity contribution >= 4 is 11.7 Å². The molecule has 1 aromatic carbocycles. The van der Waals surface area contributed by atoms with Crippen LogP contribution in [-0.4, -0.2) is 37.6 Å². The molecule has 0 fully saturated rings. The SMILES string of the molecule is CCN(C)C(=O)N(CCCN)c1ccccc1C. The molecule has 0 aromatic heterocycles. The van der Waals surface area contributed by atoms with Crippen molar-refractivity contribution in [1.82, 2.24) is 4.90 Å². The smallest absolute Gasteiger partial charge is 0.324 e. The summed E-state index contributed by atoms with van der Waals surface area (Å²) in [6.07, 6.45) is 0.803. The summed E-state index contributed by atoms with van der Waals surface area (Å²) in [5, 5.41) is 0. The lowest BCUT2D eigenvalue weighted by Gasteiger charge is -2.28. The summed E-state index contributed by atoms with van der Waals surface area (Å²) in [6, 6.07) is 7.96. The quantitative estimate of drug-likeness (QED) is 0.870. The summed E-state index contributed by atoms with van der Waals surface area (Å²) in [5.41, 5.74) is 7.62. The van der Waals surface area contributed by atoms with Crippen molar-refractivity contribution in [3.8, 4) is 0 Å². The predicted octanol–water partition coefficient (Wildman–Crippen LogP) is 2.22. The highest BCUT2D eigenvalue weighted by Crippen LogP contribution is 2.20. The van der Waals surface area contributed by atoms with Crippen LogP contribution in [0.4, 0.5) is 10.5 Å². The van der Waals surface area contributed by atoms with Crippen LogP contribution in [0.25, 0.3) is 0 Å². The van der Waals surface area contributed by atoms with Gasteiger partial charge >= 0.3 is 6.03 Å². The fourth-order valence-electron chi connectivity index (χ4n) is 1.78. The van der Waals surface area contributed by atoms with Crippen molar-refractivity contribution in [3.63, 3.8) is 0 Å². The average molecular weight is 249 g/mol. The van der Waals surface area contributed by atoms with Crippen LogP contribution in [0.5, 0.6) is 0 Å². The Kier molecular flexibility index (Phi) is 5.65. The Morgan fingerprint density at radius 1 is 1.33 bits per heavy atom. The molecule has 0 unspecified atom stereocenters. The maximum Gasteiger partial charge on any atom is 0.324 e. The Bertz CT molecular complexity index is 392. The van der Waals surface area contributed by atoms with E-state index in [-0.39, 0.29) is 6.03 Å². The van der Waals surface area contributed by atoms with Gasteiger partial charge in [-0.3, -0.25) is 4.90 Å². The van der Waals surface area contributed by atoms with Crippen LogP contribution in [0.3, 0.4) is 0 Å². The average Bonchev–Trinajstić information content (AvgIpc) is 2.39. The van der Waals surface area contributed by atoms with Crippen molar-refractivity contribution in [2.45, 2.75) is 20.3 Å². The van der Waals surface area contributed by atoms with E-state index in [1.54, 1.807) is 4.90 Å². The van der Waals surface area contributed by atoms with Crippen molar-refractivity contribution in [2.24, 2.45) is 5.73 Å². The minimum atomic E-state index is 0.0280. The van der Waals surface area contributed by atoms with E-state index in [1.165, 1.54) is 0 Å². The van der Waals surface area contributed by atoms with Gasteiger partial charge in [-0.1, -0.05) is 18.2 Å². The van der Waals surface area contributed by atoms with E-state index < -0.39 is 0 Å². The number of para-hydroxylation sites is 1. The van der Waals surface area contributed by atoms with Gasteiger partial charge in [-0.15, -0.1) is 0 Å². The van der Waals surface area contributed by atoms with Crippen molar-refractivity contribution in [3.05, 3.63) is 29.8 Å². The molecule has 1 rings (SSSR count). The van der Waals surface area contributed by atoms with Gasteiger partial charge in [0.1, 0.15) is 0 Å². The normalized spacial score (nSPS) is 10.2. The van der Waals surface area contributed by atoms with E-state index >= 15 is 0 Å². The molecule has 4 heteroatoms. The molecule has 0 heterocycles. The van der Waals surface area contributed by atoms with Gasteiger partial charge in [0.25, 0.3) is 0 Å². The van der Waals surface area contributed by atoms with E-state index in [1.807, 2.05) is 50.1 Å². The topological polar surface area (TPSA) is 49.6 Å². The molecule has 2 N–H and O–H groups in total. The van der Waals surface area contributed by atoms with E-state index in [4.69, 9.17) is 5.73 Å². The Hall–Kier alpha value is -1.55. The molecule has 0 atom stereocenters. The maximum absolute atomic E-state index is 12.3. The number of hydrogen-bond donors (Lipinski definition) is 1. The summed E-state index contributed by atoms with van der Waals surface area (Å²) in [6.45, 7) is 5.93. The van der Waals surface area contributed by atoms with Gasteiger partial charge in [-0.05, 0) is 38.4 Å². The fraction of sp³-hybridized carbons (Fsp3) is 0.500. The number of nitrogens with two attached hydrogens (primary N) is 1. The Morgan fingerprint density at radius 2 is 2.00 bits per heavy atom. The van der Waals surface area contributed by atoms with Gasteiger partial charge in [-0.25, -0.2) is 4.79 Å². The molecule has 0 spiro atoms. The number of carbonyl (C=O) groups excluding carboxylic acids is 1. The largest absolute Gasteiger partial charge is 0.330 e. The molecule has 1 aromatic rings. The first-order valence-electron chi connectivity index (χ1n) is 6.40. The third-order valence-electron chi connectivity index (χ3n) is 3.02. The summed E-state index contributed by atoms with van der Waals surface area (Å²) < 4.78 is 0. The van der Waals surface area contributed by atoms with Gasteiger partial charge < -0.3 is 10.6 Å². The Labute approximate surface area is 109 Å². The van der Waals surface area contributed by atoms with E-state index in [0.717, 1.165) is 17.7 Å². The van der Waals surface area contributed by atoms with Gasteiger partial charge in [0.2, 0.25) is 0 Å². The van der Waals surface area contributed by atoms with Crippen LogP contribution in [-0.2, 0) is 0 Å². The number of benzene rings is 1. The van der Waals surface area contributed by atoms with E-state index in [0.29, 0.717) is 19.6 Å². The highest BCUT2D eigenvalue weighted by molar-refractivity contribution is 5.92. The molecule has 0 aliphatic carbocycles. The minimum Gasteiger partial charge on any atom is -0.330 e. The first kappa shape index (κ1) is 14.5. The van der Waals surface area contributed by atoms with Crippen LogP contribution in [0.2, 0.25) is 0 Å². The second-order valence-electron chi connectivity index (χ2n) is 4.38. The first-order chi connectivity index (χ1) is 8.61. The molecular weight excluding hydrogens is 226 g/mol. The Balaban J connectivity index is 2.98. The molecule has 18 heavy (non-hydrogen) atoms. The zero-order chi connectivity index (χ0) is 13.5. The molecule has 0 saturated heterocycles. The maximum atomic E-state index is 12.3. The lowest BCUT2D eigenvalue weighted by Crippen LogP contribution is -2.42. The molecule has 4 nitrogen and oxygen atoms in total. The number of nitrogens with zero attached hydrogens (tertiary/aromatic N) is 2. The number of anilines is 1. The summed E-state index contributed by atoms with van der Waals surface area (Å²) >= 11 is 0. The second kappa shape index (κ2) is 7.01. The zero-order valence-corrected chi connectivity index (χ0v) is 11.5. The number of carbonyl (C=O) groups is 1. The predicted molar refractivity (Wildman–Crippen MR) is 75.9 cm³/mol. The molecule has 0 aliphatic heterocycles. The second-order valence-corrected chi connectivity index (χ2v) is 4.38. The zero-order valence-electron chi connectivity index (χ0n) is 11.5. The van der Waals surface area contributed by atoms with Crippen LogP contribution in [0.1, 0.15) is 18.9 Å². The van der Waals surface area contributed by atoms with Gasteiger partial charge in [0.05, 0.1) is 0 Å². The van der Waals surface area contributed by atoms with Crippen LogP contribution < -0.4 is 10.6 Å². The summed E-state index contributed by atoms with van der Waals surface area (Å²) in [5.74, 6) is 0. The van der Waals surface area contributed by atoms with Gasteiger partial charge in [0.15, 0.2) is 0 Å². The van der Waals surface area contributed by atoms with Gasteiger partial charge in [0, 0.05) is 25.8 Å². The highest BCUT2D eigenvalue weighted by Gasteiger charge is 2.19. The fourth-order valence-corrected chi connectivity index (χ4v) is 1.78. The molecule has 2 amide bonds. The van der Waals surface area contributed by atoms with Gasteiger partial charge in [-0.2, -0.15) is 0 Å². The van der Waals surface area contributed by atoms with Crippen LogP contribution >= 0.6 is 0 Å². The summed E-state index contributed by atoms with van der Waals surface area (Å²) in [4.78, 5) is 15.9. The third-order valence-corrected chi connectivity index (χ3v) is 3.02. The molecule has 0 aliphatic rings. The lowest BCUT2D eigenvalue weighted by molar-refractivity contribution is 0.217. The van der Waals surface area contributed by atoms with E-state index in [2.05, 4.69) is 0 Å². The summed E-state index contributed by atoms with van der Waals surface area (Å²) in [7, 11) is 1.82. The monoisotopic (exact) mass is 249 g/mol. The standard InChI is InChI=1S/C14H23N3O/c1-4-16(3)14(18)17(11-7-10-15)13-9-6-5-8-12(13)2/h5-6,8-9H,4,7,10-11,15H2,1-3H3.